The van der Waals surface area contributed by atoms with Gasteiger partial charge in [0.15, 0.2) is 0 Å². The van der Waals surface area contributed by atoms with E-state index in [2.05, 4.69) is 10.9 Å². The summed E-state index contributed by atoms with van der Waals surface area (Å²) in [6, 6.07) is 17.9. The molecule has 152 valence electrons. The molecule has 8 nitrogen and oxygen atoms in total. The van der Waals surface area contributed by atoms with Crippen molar-refractivity contribution in [1.29, 1.82) is 0 Å². The number of hydrogen-bond donors (Lipinski definition) is 2. The molecule has 2 aromatic rings. The van der Waals surface area contributed by atoms with E-state index >= 15 is 0 Å². The number of rotatable bonds is 4. The van der Waals surface area contributed by atoms with Gasteiger partial charge in [-0.25, -0.2) is 10.0 Å². The second-order valence-corrected chi connectivity index (χ2v) is 7.78. The van der Waals surface area contributed by atoms with Gasteiger partial charge in [-0.1, -0.05) is 36.4 Å². The lowest BCUT2D eigenvalue weighted by Gasteiger charge is -2.19. The number of benzene rings is 2. The van der Waals surface area contributed by atoms with Crippen molar-refractivity contribution in [3.63, 3.8) is 0 Å². The number of hydrogen-bond acceptors (Lipinski definition) is 6. The average Bonchev–Trinajstić information content (AvgIpc) is 2.69. The van der Waals surface area contributed by atoms with Crippen molar-refractivity contribution in [3.8, 4) is 0 Å². The van der Waals surface area contributed by atoms with Crippen LogP contribution in [-0.2, 0) is 9.59 Å². The van der Waals surface area contributed by atoms with Crippen LogP contribution in [0.1, 0.15) is 6.42 Å². The van der Waals surface area contributed by atoms with Crippen molar-refractivity contribution in [3.05, 3.63) is 60.7 Å². The minimum absolute atomic E-state index is 0.406. The third-order valence-corrected chi connectivity index (χ3v) is 5.26. The summed E-state index contributed by atoms with van der Waals surface area (Å²) in [6.45, 7) is 0. The molecule has 29 heavy (non-hydrogen) atoms. The van der Waals surface area contributed by atoms with Gasteiger partial charge in [-0.05, 0) is 47.8 Å². The average molecular weight is 433 g/mol. The number of carbonyl (C=O) groups is 4. The number of amides is 4. The first-order valence-corrected chi connectivity index (χ1v) is 10.1. The molecule has 0 unspecified atom stereocenters. The first-order valence-electron chi connectivity index (χ1n) is 8.45. The van der Waals surface area contributed by atoms with Gasteiger partial charge >= 0.3 is 10.5 Å². The number of hydrazine groups is 2. The van der Waals surface area contributed by atoms with Crippen molar-refractivity contribution in [2.75, 3.05) is 14.1 Å². The normalized spacial score (nSPS) is 10.0. The van der Waals surface area contributed by atoms with Gasteiger partial charge in [-0.15, -0.1) is 0 Å². The van der Waals surface area contributed by atoms with E-state index in [-0.39, 0.29) is 0 Å². The standard InChI is InChI=1S/C19H20N4O4S2/c1-22(18(26)28-14-9-5-3-6-10-14)20-16(24)13-17(25)21-23(2)19(27)29-15-11-7-4-8-12-15/h3-12H,13H2,1-2H3,(H,20,24)(H,21,25). The molecule has 0 bridgehead atoms. The van der Waals surface area contributed by atoms with E-state index in [0.717, 1.165) is 43.3 Å². The molecule has 10 heteroatoms. The number of thioether (sulfide) groups is 2. The Morgan fingerprint density at radius 2 is 1.03 bits per heavy atom. The Labute approximate surface area is 176 Å². The van der Waals surface area contributed by atoms with Crippen molar-refractivity contribution >= 4 is 45.8 Å². The minimum atomic E-state index is -0.677. The van der Waals surface area contributed by atoms with E-state index in [1.165, 1.54) is 14.1 Å². The van der Waals surface area contributed by atoms with E-state index < -0.39 is 28.7 Å². The molecule has 0 spiro atoms. The second kappa shape index (κ2) is 11.1. The Morgan fingerprint density at radius 3 is 1.38 bits per heavy atom. The zero-order valence-corrected chi connectivity index (χ0v) is 17.5. The minimum Gasteiger partial charge on any atom is -0.273 e. The molecule has 0 aliphatic carbocycles. The summed E-state index contributed by atoms with van der Waals surface area (Å²) in [5.74, 6) is -1.35. The quantitative estimate of drug-likeness (QED) is 0.438. The molecule has 0 aromatic heterocycles. The van der Waals surface area contributed by atoms with Crippen LogP contribution < -0.4 is 10.9 Å². The van der Waals surface area contributed by atoms with Crippen molar-refractivity contribution in [2.45, 2.75) is 16.2 Å². The molecule has 0 heterocycles. The number of nitrogens with one attached hydrogen (secondary N) is 2. The van der Waals surface area contributed by atoms with Gasteiger partial charge in [-0.3, -0.25) is 30.0 Å². The first-order chi connectivity index (χ1) is 13.8. The van der Waals surface area contributed by atoms with Crippen LogP contribution in [0.2, 0.25) is 0 Å². The first kappa shape index (κ1) is 22.3. The summed E-state index contributed by atoms with van der Waals surface area (Å²) in [5.41, 5.74) is 4.66. The molecule has 0 radical (unpaired) electrons. The lowest BCUT2D eigenvalue weighted by atomic mass is 10.4. The fourth-order valence-corrected chi connectivity index (χ4v) is 3.36. The molecule has 0 saturated heterocycles. The monoisotopic (exact) mass is 432 g/mol. The van der Waals surface area contributed by atoms with Crippen LogP contribution in [0.25, 0.3) is 0 Å². The van der Waals surface area contributed by atoms with Crippen LogP contribution in [0.4, 0.5) is 9.59 Å². The SMILES string of the molecule is CN(NC(=O)CC(=O)NN(C)C(=O)Sc1ccccc1)C(=O)Sc1ccccc1. The summed E-state index contributed by atoms with van der Waals surface area (Å²) in [4.78, 5) is 49.6. The third kappa shape index (κ3) is 7.88. The maximum atomic E-state index is 12.1. The molecule has 0 atom stereocenters. The lowest BCUT2D eigenvalue weighted by Crippen LogP contribution is -2.46. The largest absolute Gasteiger partial charge is 0.304 e. The van der Waals surface area contributed by atoms with Gasteiger partial charge < -0.3 is 0 Å². The van der Waals surface area contributed by atoms with Gasteiger partial charge in [-0.2, -0.15) is 0 Å². The second-order valence-electron chi connectivity index (χ2n) is 5.73. The fourth-order valence-electron chi connectivity index (χ4n) is 2.01. The van der Waals surface area contributed by atoms with Crippen LogP contribution >= 0.6 is 23.5 Å². The number of carbonyl (C=O) groups excluding carboxylic acids is 4. The molecule has 0 aliphatic heterocycles. The highest BCUT2D eigenvalue weighted by atomic mass is 32.2. The Bertz CT molecular complexity index is 794. The fraction of sp³-hybridized carbons (Fsp3) is 0.158. The predicted octanol–water partition coefficient (Wildman–Crippen LogP) is 3.13. The Hall–Kier alpha value is -2.98. The molecule has 0 fully saturated rings. The Kier molecular flexibility index (Phi) is 8.56. The summed E-state index contributed by atoms with van der Waals surface area (Å²) in [5, 5.41) is 1.20. The smallest absolute Gasteiger partial charge is 0.273 e. The molecule has 4 amide bonds. The highest BCUT2D eigenvalue weighted by Gasteiger charge is 2.18. The van der Waals surface area contributed by atoms with Gasteiger partial charge in [0.05, 0.1) is 0 Å². The highest BCUT2D eigenvalue weighted by molar-refractivity contribution is 8.13. The van der Waals surface area contributed by atoms with Crippen LogP contribution in [0.15, 0.2) is 70.5 Å². The summed E-state index contributed by atoms with van der Waals surface area (Å²) in [7, 11) is 2.78. The topological polar surface area (TPSA) is 98.8 Å². The molecule has 2 N–H and O–H groups in total. The van der Waals surface area contributed by atoms with Crippen LogP contribution in [-0.4, -0.2) is 46.4 Å². The van der Waals surface area contributed by atoms with Crippen molar-refractivity contribution in [2.24, 2.45) is 0 Å². The molecular weight excluding hydrogens is 412 g/mol. The summed E-state index contributed by atoms with van der Waals surface area (Å²) in [6.07, 6.45) is -0.540. The van der Waals surface area contributed by atoms with Gasteiger partial charge in [0.25, 0.3) is 0 Å². The van der Waals surface area contributed by atoms with E-state index in [1.54, 1.807) is 48.5 Å². The summed E-state index contributed by atoms with van der Waals surface area (Å²) >= 11 is 1.89. The Morgan fingerprint density at radius 1 is 0.690 bits per heavy atom. The van der Waals surface area contributed by atoms with E-state index in [9.17, 15) is 19.2 Å². The molecule has 0 aliphatic rings. The summed E-state index contributed by atoms with van der Waals surface area (Å²) < 4.78 is 0. The molecule has 0 saturated carbocycles. The van der Waals surface area contributed by atoms with Gasteiger partial charge in [0, 0.05) is 23.9 Å². The lowest BCUT2D eigenvalue weighted by molar-refractivity contribution is -0.132. The number of nitrogens with zero attached hydrogens (tertiary/aromatic N) is 2. The van der Waals surface area contributed by atoms with Gasteiger partial charge in [0.1, 0.15) is 6.42 Å². The zero-order valence-electron chi connectivity index (χ0n) is 15.8. The maximum absolute atomic E-state index is 12.1. The van der Waals surface area contributed by atoms with Crippen molar-refractivity contribution in [1.82, 2.24) is 20.9 Å². The third-order valence-electron chi connectivity index (χ3n) is 3.35. The molecule has 2 rings (SSSR count). The molecular formula is C19H20N4O4S2. The van der Waals surface area contributed by atoms with Crippen molar-refractivity contribution < 1.29 is 19.2 Å². The zero-order chi connectivity index (χ0) is 21.2. The Balaban J connectivity index is 1.75. The highest BCUT2D eigenvalue weighted by Crippen LogP contribution is 2.20. The molecule has 2 aromatic carbocycles. The van der Waals surface area contributed by atoms with E-state index in [1.807, 2.05) is 12.1 Å². The van der Waals surface area contributed by atoms with Crippen LogP contribution in [0.5, 0.6) is 0 Å². The predicted molar refractivity (Wildman–Crippen MR) is 112 cm³/mol. The van der Waals surface area contributed by atoms with Crippen LogP contribution in [0.3, 0.4) is 0 Å². The van der Waals surface area contributed by atoms with E-state index in [4.69, 9.17) is 0 Å². The maximum Gasteiger partial charge on any atom is 0.304 e. The van der Waals surface area contributed by atoms with E-state index in [0.29, 0.717) is 0 Å². The van der Waals surface area contributed by atoms with Crippen LogP contribution in [0, 0.1) is 0 Å². The van der Waals surface area contributed by atoms with Gasteiger partial charge in [0.2, 0.25) is 11.8 Å².